The van der Waals surface area contributed by atoms with Crippen molar-refractivity contribution in [3.8, 4) is 39.5 Å². The molecule has 1 aliphatic rings. The molecule has 0 saturated carbocycles. The van der Waals surface area contributed by atoms with Crippen molar-refractivity contribution < 1.29 is 9.15 Å². The van der Waals surface area contributed by atoms with Crippen LogP contribution >= 0.6 is 0 Å². The van der Waals surface area contributed by atoms with Crippen LogP contribution in [-0.4, -0.2) is 36.7 Å². The zero-order chi connectivity index (χ0) is 23.2. The Bertz CT molecular complexity index is 1180. The Morgan fingerprint density at radius 1 is 0.912 bits per heavy atom. The van der Waals surface area contributed by atoms with Crippen LogP contribution in [0.4, 0.5) is 0 Å². The molecule has 1 aliphatic heterocycles. The Morgan fingerprint density at radius 3 is 2.32 bits per heavy atom. The molecular weight excluding hydrogens is 424 g/mol. The van der Waals surface area contributed by atoms with Crippen LogP contribution in [0.5, 0.6) is 5.88 Å². The standard InChI is InChI=1S/C28H30N4O2/c1-29-16-20-2-4-24(5-3-20)28-27(23-8-6-22(7-9-23)25-12-15-33-19-25)31-17-26(32-28)34-18-21-10-13-30-14-11-21/h2-9,12,15,17,19,21,29-30H,10-11,13-14,16,18H2,1H3. The third kappa shape index (κ3) is 5.19. The lowest BCUT2D eigenvalue weighted by atomic mass is 9.99. The Balaban J connectivity index is 1.45. The second-order valence-corrected chi connectivity index (χ2v) is 8.73. The molecule has 4 aromatic rings. The van der Waals surface area contributed by atoms with E-state index in [0.717, 1.165) is 66.1 Å². The van der Waals surface area contributed by atoms with Crippen LogP contribution in [0.1, 0.15) is 18.4 Å². The molecule has 0 aliphatic carbocycles. The maximum absolute atomic E-state index is 6.11. The highest BCUT2D eigenvalue weighted by Gasteiger charge is 2.17. The van der Waals surface area contributed by atoms with Crippen LogP contribution in [0.2, 0.25) is 0 Å². The van der Waals surface area contributed by atoms with Gasteiger partial charge in [0, 0.05) is 23.2 Å². The Labute approximate surface area is 200 Å². The smallest absolute Gasteiger partial charge is 0.232 e. The van der Waals surface area contributed by atoms with Crippen molar-refractivity contribution in [1.29, 1.82) is 0 Å². The predicted octanol–water partition coefficient (Wildman–Crippen LogP) is 5.17. The molecule has 0 radical (unpaired) electrons. The van der Waals surface area contributed by atoms with E-state index in [1.807, 2.05) is 13.1 Å². The fourth-order valence-corrected chi connectivity index (χ4v) is 4.34. The molecule has 0 spiro atoms. The molecule has 6 heteroatoms. The number of nitrogens with zero attached hydrogens (tertiary/aromatic N) is 2. The van der Waals surface area contributed by atoms with Gasteiger partial charge in [-0.1, -0.05) is 48.5 Å². The van der Waals surface area contributed by atoms with Gasteiger partial charge in [0.05, 0.1) is 31.0 Å². The third-order valence-corrected chi connectivity index (χ3v) is 6.30. The minimum Gasteiger partial charge on any atom is -0.476 e. The molecule has 0 atom stereocenters. The molecule has 3 heterocycles. The number of aromatic nitrogens is 2. The van der Waals surface area contributed by atoms with Crippen molar-refractivity contribution in [2.24, 2.45) is 5.92 Å². The first-order valence-electron chi connectivity index (χ1n) is 11.9. The van der Waals surface area contributed by atoms with Crippen LogP contribution in [0.3, 0.4) is 0 Å². The SMILES string of the molecule is CNCc1ccc(-c2nc(OCC3CCNCC3)cnc2-c2ccc(-c3ccoc3)cc2)cc1. The summed E-state index contributed by atoms with van der Waals surface area (Å²) < 4.78 is 11.3. The van der Waals surface area contributed by atoms with Crippen molar-refractivity contribution in [3.63, 3.8) is 0 Å². The lowest BCUT2D eigenvalue weighted by Gasteiger charge is -2.22. The summed E-state index contributed by atoms with van der Waals surface area (Å²) in [5.74, 6) is 1.13. The quantitative estimate of drug-likeness (QED) is 0.383. The molecular formula is C28H30N4O2. The highest BCUT2D eigenvalue weighted by atomic mass is 16.5. The molecule has 1 saturated heterocycles. The van der Waals surface area contributed by atoms with Gasteiger partial charge in [0.1, 0.15) is 5.69 Å². The van der Waals surface area contributed by atoms with Gasteiger partial charge in [0.15, 0.2) is 0 Å². The molecule has 174 valence electrons. The lowest BCUT2D eigenvalue weighted by Crippen LogP contribution is -2.30. The highest BCUT2D eigenvalue weighted by Crippen LogP contribution is 2.32. The van der Waals surface area contributed by atoms with Gasteiger partial charge in [0.2, 0.25) is 5.88 Å². The molecule has 0 amide bonds. The first-order chi connectivity index (χ1) is 16.8. The molecule has 2 aromatic carbocycles. The molecule has 0 bridgehead atoms. The van der Waals surface area contributed by atoms with Gasteiger partial charge < -0.3 is 19.8 Å². The molecule has 6 nitrogen and oxygen atoms in total. The number of benzene rings is 2. The van der Waals surface area contributed by atoms with Crippen LogP contribution in [0.15, 0.2) is 77.7 Å². The summed E-state index contributed by atoms with van der Waals surface area (Å²) in [6, 6.07) is 18.8. The van der Waals surface area contributed by atoms with E-state index in [1.54, 1.807) is 18.7 Å². The van der Waals surface area contributed by atoms with E-state index < -0.39 is 0 Å². The number of ether oxygens (including phenoxy) is 1. The molecule has 2 N–H and O–H groups in total. The van der Waals surface area contributed by atoms with Gasteiger partial charge in [0.25, 0.3) is 0 Å². The summed E-state index contributed by atoms with van der Waals surface area (Å²) in [6.45, 7) is 3.61. The van der Waals surface area contributed by atoms with E-state index in [1.165, 1.54) is 5.56 Å². The van der Waals surface area contributed by atoms with E-state index >= 15 is 0 Å². The summed E-state index contributed by atoms with van der Waals surface area (Å²) in [6.07, 6.45) is 7.45. The second kappa shape index (κ2) is 10.6. The van der Waals surface area contributed by atoms with Crippen molar-refractivity contribution in [3.05, 3.63) is 78.9 Å². The summed E-state index contributed by atoms with van der Waals surface area (Å²) in [4.78, 5) is 9.73. The van der Waals surface area contributed by atoms with Crippen LogP contribution in [0.25, 0.3) is 33.6 Å². The minimum absolute atomic E-state index is 0.558. The first kappa shape index (κ1) is 22.3. The Hall–Kier alpha value is -3.48. The predicted molar refractivity (Wildman–Crippen MR) is 134 cm³/mol. The molecule has 0 unspecified atom stereocenters. The number of hydrogen-bond acceptors (Lipinski definition) is 6. The van der Waals surface area contributed by atoms with Gasteiger partial charge in [-0.2, -0.15) is 0 Å². The van der Waals surface area contributed by atoms with E-state index in [2.05, 4.69) is 59.2 Å². The number of nitrogens with one attached hydrogen (secondary N) is 2. The van der Waals surface area contributed by atoms with Crippen molar-refractivity contribution in [1.82, 2.24) is 20.6 Å². The number of piperidine rings is 1. The van der Waals surface area contributed by atoms with Crippen LogP contribution in [0, 0.1) is 5.92 Å². The van der Waals surface area contributed by atoms with Crippen LogP contribution < -0.4 is 15.4 Å². The fraction of sp³-hybridized carbons (Fsp3) is 0.286. The van der Waals surface area contributed by atoms with E-state index in [9.17, 15) is 0 Å². The zero-order valence-corrected chi connectivity index (χ0v) is 19.5. The number of furan rings is 1. The summed E-state index contributed by atoms with van der Waals surface area (Å²) in [5, 5.41) is 6.60. The number of hydrogen-bond donors (Lipinski definition) is 2. The summed E-state index contributed by atoms with van der Waals surface area (Å²) in [5.41, 5.74) is 7.09. The Morgan fingerprint density at radius 2 is 1.62 bits per heavy atom. The largest absolute Gasteiger partial charge is 0.476 e. The average Bonchev–Trinajstić information content (AvgIpc) is 3.44. The molecule has 1 fully saturated rings. The lowest BCUT2D eigenvalue weighted by molar-refractivity contribution is 0.208. The normalized spacial score (nSPS) is 14.3. The van der Waals surface area contributed by atoms with Crippen molar-refractivity contribution in [2.45, 2.75) is 19.4 Å². The van der Waals surface area contributed by atoms with Crippen LogP contribution in [-0.2, 0) is 6.54 Å². The maximum Gasteiger partial charge on any atom is 0.232 e. The number of rotatable bonds is 8. The summed E-state index contributed by atoms with van der Waals surface area (Å²) >= 11 is 0. The van der Waals surface area contributed by atoms with Gasteiger partial charge in [-0.3, -0.25) is 0 Å². The fourth-order valence-electron chi connectivity index (χ4n) is 4.34. The first-order valence-corrected chi connectivity index (χ1v) is 11.9. The maximum atomic E-state index is 6.11. The van der Waals surface area contributed by atoms with E-state index in [0.29, 0.717) is 18.4 Å². The van der Waals surface area contributed by atoms with Crippen molar-refractivity contribution in [2.75, 3.05) is 26.7 Å². The topological polar surface area (TPSA) is 72.2 Å². The molecule has 5 rings (SSSR count). The average molecular weight is 455 g/mol. The third-order valence-electron chi connectivity index (χ3n) is 6.30. The van der Waals surface area contributed by atoms with Gasteiger partial charge in [-0.15, -0.1) is 0 Å². The van der Waals surface area contributed by atoms with E-state index in [4.69, 9.17) is 19.1 Å². The van der Waals surface area contributed by atoms with Gasteiger partial charge in [-0.05, 0) is 56.1 Å². The van der Waals surface area contributed by atoms with Crippen molar-refractivity contribution >= 4 is 0 Å². The van der Waals surface area contributed by atoms with Gasteiger partial charge >= 0.3 is 0 Å². The highest BCUT2D eigenvalue weighted by molar-refractivity contribution is 5.79. The second-order valence-electron chi connectivity index (χ2n) is 8.73. The summed E-state index contributed by atoms with van der Waals surface area (Å²) in [7, 11) is 1.95. The zero-order valence-electron chi connectivity index (χ0n) is 19.5. The van der Waals surface area contributed by atoms with Gasteiger partial charge in [-0.25, -0.2) is 9.97 Å². The van der Waals surface area contributed by atoms with E-state index in [-0.39, 0.29) is 0 Å². The monoisotopic (exact) mass is 454 g/mol. The minimum atomic E-state index is 0.558. The molecule has 34 heavy (non-hydrogen) atoms. The molecule has 2 aromatic heterocycles. The Kier molecular flexibility index (Phi) is 6.98.